The Morgan fingerprint density at radius 2 is 1.89 bits per heavy atom. The maximum atomic E-state index is 11.4. The molecule has 92 valence electrons. The number of ether oxygens (including phenoxy) is 1. The monoisotopic (exact) mass is 242 g/mol. The van der Waals surface area contributed by atoms with E-state index in [0.29, 0.717) is 5.88 Å². The molecule has 0 fully saturated rings. The third-order valence-corrected chi connectivity index (χ3v) is 2.58. The molecule has 1 aromatic carbocycles. The first-order valence-electron chi connectivity index (χ1n) is 5.65. The van der Waals surface area contributed by atoms with Gasteiger partial charge in [-0.15, -0.1) is 0 Å². The van der Waals surface area contributed by atoms with Crippen molar-refractivity contribution in [1.29, 1.82) is 0 Å². The summed E-state index contributed by atoms with van der Waals surface area (Å²) in [6.07, 6.45) is 1.64. The highest BCUT2D eigenvalue weighted by Crippen LogP contribution is 2.16. The zero-order valence-corrected chi connectivity index (χ0v) is 9.82. The second-order valence-corrected chi connectivity index (χ2v) is 3.84. The van der Waals surface area contributed by atoms with Crippen molar-refractivity contribution in [3.63, 3.8) is 0 Å². The highest BCUT2D eigenvalue weighted by atomic mass is 16.5. The molecule has 0 saturated heterocycles. The maximum absolute atomic E-state index is 11.4. The first-order valence-corrected chi connectivity index (χ1v) is 5.65. The molecule has 1 amide bonds. The summed E-state index contributed by atoms with van der Waals surface area (Å²) < 4.78 is 5.47. The summed E-state index contributed by atoms with van der Waals surface area (Å²) in [4.78, 5) is 15.5. The maximum Gasteiger partial charge on any atom is 0.228 e. The molecule has 1 atom stereocenters. The van der Waals surface area contributed by atoms with Crippen molar-refractivity contribution in [1.82, 2.24) is 4.98 Å². The van der Waals surface area contributed by atoms with E-state index in [9.17, 15) is 4.79 Å². The molecular formula is C14H14N2O2. The molecule has 0 spiro atoms. The van der Waals surface area contributed by atoms with Crippen molar-refractivity contribution in [2.75, 3.05) is 6.61 Å². The van der Waals surface area contributed by atoms with Gasteiger partial charge in [-0.2, -0.15) is 0 Å². The molecule has 18 heavy (non-hydrogen) atoms. The van der Waals surface area contributed by atoms with E-state index >= 15 is 0 Å². The van der Waals surface area contributed by atoms with E-state index in [1.165, 1.54) is 0 Å². The highest BCUT2D eigenvalue weighted by molar-refractivity contribution is 5.82. The lowest BCUT2D eigenvalue weighted by molar-refractivity contribution is -0.120. The minimum Gasteiger partial charge on any atom is -0.476 e. The predicted molar refractivity (Wildman–Crippen MR) is 68.1 cm³/mol. The van der Waals surface area contributed by atoms with E-state index in [4.69, 9.17) is 10.5 Å². The lowest BCUT2D eigenvalue weighted by Gasteiger charge is -2.14. The number of nitrogens with two attached hydrogens (primary N) is 1. The van der Waals surface area contributed by atoms with Crippen LogP contribution in [0.1, 0.15) is 11.5 Å². The predicted octanol–water partition coefficient (Wildman–Crippen LogP) is 1.73. The van der Waals surface area contributed by atoms with Crippen LogP contribution in [0, 0.1) is 0 Å². The lowest BCUT2D eigenvalue weighted by Crippen LogP contribution is -2.26. The third-order valence-electron chi connectivity index (χ3n) is 2.58. The number of carbonyl (C=O) groups is 1. The number of carbonyl (C=O) groups excluding carboxylic acids is 1. The van der Waals surface area contributed by atoms with Crippen LogP contribution in [0.15, 0.2) is 54.7 Å². The standard InChI is InChI=1S/C14H14N2O2/c15-14(17)12(11-6-2-1-3-7-11)10-18-13-8-4-5-9-16-13/h1-9,12H,10H2,(H2,15,17). The number of pyridine rings is 1. The van der Waals surface area contributed by atoms with Crippen LogP contribution in [0.3, 0.4) is 0 Å². The molecule has 0 aliphatic heterocycles. The summed E-state index contributed by atoms with van der Waals surface area (Å²) in [5.41, 5.74) is 6.24. The zero-order chi connectivity index (χ0) is 12.8. The van der Waals surface area contributed by atoms with Gasteiger partial charge in [0.2, 0.25) is 11.8 Å². The fourth-order valence-corrected chi connectivity index (χ4v) is 1.63. The van der Waals surface area contributed by atoms with Crippen LogP contribution < -0.4 is 10.5 Å². The Labute approximate surface area is 105 Å². The SMILES string of the molecule is NC(=O)C(COc1ccccn1)c1ccccc1. The van der Waals surface area contributed by atoms with E-state index in [-0.39, 0.29) is 6.61 Å². The Bertz CT molecular complexity index is 500. The van der Waals surface area contributed by atoms with Crippen molar-refractivity contribution in [2.24, 2.45) is 5.73 Å². The summed E-state index contributed by atoms with van der Waals surface area (Å²) in [6, 6.07) is 14.7. The Morgan fingerprint density at radius 1 is 1.17 bits per heavy atom. The second-order valence-electron chi connectivity index (χ2n) is 3.84. The van der Waals surface area contributed by atoms with E-state index < -0.39 is 11.8 Å². The van der Waals surface area contributed by atoms with Crippen molar-refractivity contribution >= 4 is 5.91 Å². The average Bonchev–Trinajstić information content (AvgIpc) is 2.41. The molecule has 0 aliphatic carbocycles. The molecule has 0 saturated carbocycles. The molecule has 1 unspecified atom stereocenters. The molecule has 4 heteroatoms. The van der Waals surface area contributed by atoms with Crippen molar-refractivity contribution in [3.05, 3.63) is 60.3 Å². The van der Waals surface area contributed by atoms with Crippen LogP contribution in [0.4, 0.5) is 0 Å². The quantitative estimate of drug-likeness (QED) is 0.868. The van der Waals surface area contributed by atoms with Gasteiger partial charge in [-0.25, -0.2) is 4.98 Å². The lowest BCUT2D eigenvalue weighted by atomic mass is 10.00. The fourth-order valence-electron chi connectivity index (χ4n) is 1.63. The summed E-state index contributed by atoms with van der Waals surface area (Å²) in [5.74, 6) is -0.384. The van der Waals surface area contributed by atoms with Gasteiger partial charge in [0.1, 0.15) is 6.61 Å². The number of primary amides is 1. The first-order chi connectivity index (χ1) is 8.77. The molecule has 4 nitrogen and oxygen atoms in total. The van der Waals surface area contributed by atoms with Gasteiger partial charge < -0.3 is 10.5 Å². The number of amides is 1. The van der Waals surface area contributed by atoms with Crippen LogP contribution in [-0.2, 0) is 4.79 Å². The van der Waals surface area contributed by atoms with E-state index in [1.54, 1.807) is 18.3 Å². The Morgan fingerprint density at radius 3 is 2.50 bits per heavy atom. The average molecular weight is 242 g/mol. The molecule has 2 N–H and O–H groups in total. The van der Waals surface area contributed by atoms with Gasteiger partial charge in [0.05, 0.1) is 5.92 Å². The Kier molecular flexibility index (Phi) is 3.91. The number of aromatic nitrogens is 1. The highest BCUT2D eigenvalue weighted by Gasteiger charge is 2.18. The number of hydrogen-bond acceptors (Lipinski definition) is 3. The van der Waals surface area contributed by atoms with Gasteiger partial charge in [-0.05, 0) is 11.6 Å². The summed E-state index contributed by atoms with van der Waals surface area (Å²) >= 11 is 0. The molecule has 0 bridgehead atoms. The van der Waals surface area contributed by atoms with E-state index in [2.05, 4.69) is 4.98 Å². The summed E-state index contributed by atoms with van der Waals surface area (Å²) in [6.45, 7) is 0.191. The molecular weight excluding hydrogens is 228 g/mol. The van der Waals surface area contributed by atoms with Gasteiger partial charge in [0, 0.05) is 12.3 Å². The second kappa shape index (κ2) is 5.82. The fraction of sp³-hybridized carbons (Fsp3) is 0.143. The molecule has 2 aromatic rings. The smallest absolute Gasteiger partial charge is 0.228 e. The minimum atomic E-state index is -0.465. The molecule has 0 radical (unpaired) electrons. The number of benzene rings is 1. The number of nitrogens with zero attached hydrogens (tertiary/aromatic N) is 1. The molecule has 1 aromatic heterocycles. The topological polar surface area (TPSA) is 65.2 Å². The van der Waals surface area contributed by atoms with Gasteiger partial charge in [0.25, 0.3) is 0 Å². The summed E-state index contributed by atoms with van der Waals surface area (Å²) in [5, 5.41) is 0. The molecule has 1 heterocycles. The largest absolute Gasteiger partial charge is 0.476 e. The van der Waals surface area contributed by atoms with Crippen molar-refractivity contribution in [3.8, 4) is 5.88 Å². The van der Waals surface area contributed by atoms with Crippen LogP contribution in [0.5, 0.6) is 5.88 Å². The first kappa shape index (κ1) is 12.1. The van der Waals surface area contributed by atoms with Gasteiger partial charge >= 0.3 is 0 Å². The van der Waals surface area contributed by atoms with E-state index in [1.807, 2.05) is 36.4 Å². The normalized spacial score (nSPS) is 11.8. The van der Waals surface area contributed by atoms with Crippen LogP contribution >= 0.6 is 0 Å². The number of rotatable bonds is 5. The van der Waals surface area contributed by atoms with E-state index in [0.717, 1.165) is 5.56 Å². The van der Waals surface area contributed by atoms with Gasteiger partial charge in [-0.1, -0.05) is 36.4 Å². The van der Waals surface area contributed by atoms with Crippen LogP contribution in [-0.4, -0.2) is 17.5 Å². The Balaban J connectivity index is 2.06. The third kappa shape index (κ3) is 3.07. The van der Waals surface area contributed by atoms with Gasteiger partial charge in [-0.3, -0.25) is 4.79 Å². The molecule has 0 aliphatic rings. The Hall–Kier alpha value is -2.36. The van der Waals surface area contributed by atoms with Crippen LogP contribution in [0.25, 0.3) is 0 Å². The zero-order valence-electron chi connectivity index (χ0n) is 9.82. The summed E-state index contributed by atoms with van der Waals surface area (Å²) in [7, 11) is 0. The minimum absolute atomic E-state index is 0.191. The number of hydrogen-bond donors (Lipinski definition) is 1. The molecule has 2 rings (SSSR count). The van der Waals surface area contributed by atoms with Gasteiger partial charge in [0.15, 0.2) is 0 Å². The van der Waals surface area contributed by atoms with Crippen LogP contribution in [0.2, 0.25) is 0 Å². The van der Waals surface area contributed by atoms with Crippen molar-refractivity contribution in [2.45, 2.75) is 5.92 Å². The van der Waals surface area contributed by atoms with Crippen molar-refractivity contribution < 1.29 is 9.53 Å².